The predicted molar refractivity (Wildman–Crippen MR) is 144 cm³/mol. The van der Waals surface area contributed by atoms with Crippen LogP contribution in [0, 0.1) is 5.82 Å². The molecule has 3 aliphatic rings. The standard InChI is InChI=1S/C25H22ClF3N6O4S2/c1-39-23(36)25(33-41(37,38)14-3-4-14)11-18-19(17-6-8-35(32-17)24(28)29)20(15-5-2-13(27)10-16(15)26)31-21(34(18)12-25)22-30-7-9-40-22/h2,5-10,14,20,24,33H,3-4,11-12H2,1H3/t20-,25+/m0/s1. The molecule has 3 aromatic rings. The van der Waals surface area contributed by atoms with Gasteiger partial charge in [0.05, 0.1) is 24.6 Å². The lowest BCUT2D eigenvalue weighted by molar-refractivity contribution is -0.147. The van der Waals surface area contributed by atoms with Gasteiger partial charge in [-0.3, -0.25) is 4.99 Å². The van der Waals surface area contributed by atoms with Crippen molar-refractivity contribution in [2.45, 2.75) is 42.6 Å². The predicted octanol–water partition coefficient (Wildman–Crippen LogP) is 4.14. The van der Waals surface area contributed by atoms with Crippen LogP contribution in [-0.4, -0.2) is 64.3 Å². The number of halogens is 4. The van der Waals surface area contributed by atoms with Crippen molar-refractivity contribution in [3.63, 3.8) is 0 Å². The summed E-state index contributed by atoms with van der Waals surface area (Å²) in [5, 5.41) is 5.63. The number of hydrogen-bond acceptors (Lipinski definition) is 9. The summed E-state index contributed by atoms with van der Waals surface area (Å²) in [5.74, 6) is -1.11. The van der Waals surface area contributed by atoms with Gasteiger partial charge in [0, 0.05) is 46.1 Å². The summed E-state index contributed by atoms with van der Waals surface area (Å²) in [6.45, 7) is -3.14. The lowest BCUT2D eigenvalue weighted by Crippen LogP contribution is -2.57. The Morgan fingerprint density at radius 2 is 2.07 bits per heavy atom. The zero-order valence-corrected chi connectivity index (χ0v) is 23.7. The van der Waals surface area contributed by atoms with Gasteiger partial charge >= 0.3 is 12.5 Å². The Morgan fingerprint density at radius 3 is 2.68 bits per heavy atom. The Hall–Kier alpha value is -3.27. The third kappa shape index (κ3) is 4.94. The van der Waals surface area contributed by atoms with Crippen molar-refractivity contribution in [3.8, 4) is 0 Å². The first kappa shape index (κ1) is 27.9. The molecule has 0 radical (unpaired) electrons. The van der Waals surface area contributed by atoms with E-state index in [0.29, 0.717) is 45.2 Å². The molecule has 1 saturated heterocycles. The Morgan fingerprint density at radius 1 is 1.29 bits per heavy atom. The fraction of sp³-hybridized carbons (Fsp3) is 0.360. The van der Waals surface area contributed by atoms with Gasteiger partial charge in [0.15, 0.2) is 16.4 Å². The van der Waals surface area contributed by atoms with E-state index < -0.39 is 45.2 Å². The highest BCUT2D eigenvalue weighted by molar-refractivity contribution is 7.90. The molecule has 0 unspecified atom stereocenters. The molecule has 2 aliphatic heterocycles. The first-order chi connectivity index (χ1) is 19.5. The van der Waals surface area contributed by atoms with E-state index in [9.17, 15) is 26.4 Å². The summed E-state index contributed by atoms with van der Waals surface area (Å²) in [5.41, 5.74) is -0.622. The van der Waals surface area contributed by atoms with Crippen LogP contribution in [0.3, 0.4) is 0 Å². The first-order valence-corrected chi connectivity index (χ1v) is 15.2. The molecule has 0 spiro atoms. The van der Waals surface area contributed by atoms with Crippen molar-refractivity contribution < 1.29 is 31.1 Å². The molecule has 4 heterocycles. The number of hydrogen-bond donors (Lipinski definition) is 1. The van der Waals surface area contributed by atoms with Crippen molar-refractivity contribution in [3.05, 3.63) is 74.8 Å². The van der Waals surface area contributed by atoms with E-state index in [-0.39, 0.29) is 23.7 Å². The van der Waals surface area contributed by atoms with Crippen LogP contribution in [-0.2, 0) is 19.6 Å². The fourth-order valence-corrected chi connectivity index (χ4v) is 7.77. The number of alkyl halides is 2. The number of methoxy groups -OCH3 is 1. The van der Waals surface area contributed by atoms with Gasteiger partial charge in [-0.15, -0.1) is 11.3 Å². The minimum absolute atomic E-state index is 0.0312. The largest absolute Gasteiger partial charge is 0.468 e. The summed E-state index contributed by atoms with van der Waals surface area (Å²) in [6, 6.07) is 4.13. The number of esters is 1. The molecule has 2 aromatic heterocycles. The van der Waals surface area contributed by atoms with Gasteiger partial charge in [0.1, 0.15) is 11.9 Å². The zero-order valence-electron chi connectivity index (χ0n) is 21.3. The highest BCUT2D eigenvalue weighted by Crippen LogP contribution is 2.48. The van der Waals surface area contributed by atoms with Crippen molar-refractivity contribution in [1.82, 2.24) is 24.4 Å². The van der Waals surface area contributed by atoms with Gasteiger partial charge < -0.3 is 9.64 Å². The number of thiazole rings is 1. The normalized spacial score (nSPS) is 22.7. The van der Waals surface area contributed by atoms with Gasteiger partial charge in [-0.1, -0.05) is 17.7 Å². The van der Waals surface area contributed by atoms with Crippen LogP contribution in [0.1, 0.15) is 48.1 Å². The number of rotatable bonds is 8. The molecule has 10 nitrogen and oxygen atoms in total. The van der Waals surface area contributed by atoms with Crippen molar-refractivity contribution >= 4 is 50.3 Å². The minimum atomic E-state index is -3.90. The summed E-state index contributed by atoms with van der Waals surface area (Å²) in [4.78, 5) is 24.2. The highest BCUT2D eigenvalue weighted by atomic mass is 35.5. The number of carbonyl (C=O) groups excluding carboxylic acids is 1. The number of amidine groups is 1. The number of sulfonamides is 1. The number of ether oxygens (including phenoxy) is 1. The summed E-state index contributed by atoms with van der Waals surface area (Å²) >= 11 is 7.73. The van der Waals surface area contributed by atoms with Crippen LogP contribution in [0.5, 0.6) is 0 Å². The van der Waals surface area contributed by atoms with Crippen LogP contribution in [0.4, 0.5) is 13.2 Å². The van der Waals surface area contributed by atoms with Crippen LogP contribution < -0.4 is 4.72 Å². The average molecular weight is 627 g/mol. The number of benzene rings is 1. The molecule has 0 amide bonds. The molecular formula is C25H22ClF3N6O4S2. The second kappa shape index (κ2) is 10.2. The molecule has 6 rings (SSSR count). The van der Waals surface area contributed by atoms with E-state index in [1.165, 1.54) is 29.5 Å². The molecule has 2 atom stereocenters. The van der Waals surface area contributed by atoms with E-state index in [1.54, 1.807) is 16.5 Å². The summed E-state index contributed by atoms with van der Waals surface area (Å²) in [7, 11) is -2.74. The van der Waals surface area contributed by atoms with E-state index in [4.69, 9.17) is 21.3 Å². The maximum Gasteiger partial charge on any atom is 0.333 e. The van der Waals surface area contributed by atoms with Gasteiger partial charge in [0.2, 0.25) is 10.0 Å². The monoisotopic (exact) mass is 626 g/mol. The molecule has 41 heavy (non-hydrogen) atoms. The molecule has 216 valence electrons. The maximum absolute atomic E-state index is 14.0. The minimum Gasteiger partial charge on any atom is -0.468 e. The van der Waals surface area contributed by atoms with Gasteiger partial charge in [-0.25, -0.2) is 27.3 Å². The Balaban J connectivity index is 1.59. The molecule has 1 N–H and O–H groups in total. The number of carbonyl (C=O) groups is 1. The molecule has 16 heteroatoms. The quantitative estimate of drug-likeness (QED) is 0.373. The third-order valence-electron chi connectivity index (χ3n) is 7.16. The van der Waals surface area contributed by atoms with Gasteiger partial charge in [0.25, 0.3) is 0 Å². The topological polar surface area (TPSA) is 119 Å². The second-order valence-corrected chi connectivity index (χ2v) is 13.1. The summed E-state index contributed by atoms with van der Waals surface area (Å²) in [6.07, 6.45) is 3.38. The molecule has 1 aromatic carbocycles. The number of fused-ring (bicyclic) bond motifs is 1. The van der Waals surface area contributed by atoms with Crippen LogP contribution in [0.15, 0.2) is 52.7 Å². The van der Waals surface area contributed by atoms with E-state index in [2.05, 4.69) is 14.8 Å². The van der Waals surface area contributed by atoms with Crippen molar-refractivity contribution in [2.75, 3.05) is 13.7 Å². The van der Waals surface area contributed by atoms with Crippen LogP contribution in [0.2, 0.25) is 5.02 Å². The van der Waals surface area contributed by atoms with Crippen molar-refractivity contribution in [2.24, 2.45) is 4.99 Å². The fourth-order valence-electron chi connectivity index (χ4n) is 5.17. The van der Waals surface area contributed by atoms with Crippen LogP contribution >= 0.6 is 22.9 Å². The van der Waals surface area contributed by atoms with Crippen LogP contribution in [0.25, 0.3) is 5.57 Å². The molecular weight excluding hydrogens is 605 g/mol. The van der Waals surface area contributed by atoms with Gasteiger partial charge in [-0.2, -0.15) is 18.6 Å². The zero-order chi connectivity index (χ0) is 29.1. The lowest BCUT2D eigenvalue weighted by atomic mass is 9.90. The Labute approximate surface area is 241 Å². The van der Waals surface area contributed by atoms with Crippen molar-refractivity contribution in [1.29, 1.82) is 0 Å². The number of aromatic nitrogens is 3. The third-order valence-corrected chi connectivity index (χ3v) is 10.3. The van der Waals surface area contributed by atoms with Gasteiger partial charge in [-0.05, 0) is 31.0 Å². The number of aliphatic imine (C=N–C) groups is 1. The molecule has 1 saturated carbocycles. The summed E-state index contributed by atoms with van der Waals surface area (Å²) < 4.78 is 75.6. The second-order valence-electron chi connectivity index (χ2n) is 9.86. The molecule has 0 bridgehead atoms. The first-order valence-electron chi connectivity index (χ1n) is 12.4. The number of nitrogens with one attached hydrogen (secondary N) is 1. The van der Waals surface area contributed by atoms with E-state index >= 15 is 0 Å². The average Bonchev–Trinajstić information content (AvgIpc) is 3.30. The Bertz CT molecular complexity index is 1690. The highest BCUT2D eigenvalue weighted by Gasteiger charge is 2.56. The molecule has 2 fully saturated rings. The lowest BCUT2D eigenvalue weighted by Gasteiger charge is -2.32. The molecule has 1 aliphatic carbocycles. The smallest absolute Gasteiger partial charge is 0.333 e. The van der Waals surface area contributed by atoms with E-state index in [1.807, 2.05) is 0 Å². The maximum atomic E-state index is 14.0. The number of nitrogens with zero attached hydrogens (tertiary/aromatic N) is 5. The Kier molecular flexibility index (Phi) is 6.95. The van der Waals surface area contributed by atoms with E-state index in [0.717, 1.165) is 19.4 Å². The SMILES string of the molecule is COC(=O)[C@@]1(NS(=O)(=O)C2CC2)CC2=C(c3ccn(C(F)F)n3)[C@H](c3ccc(F)cc3Cl)N=C(c3nccs3)N2C1.